The van der Waals surface area contributed by atoms with Crippen LogP contribution in [0.15, 0.2) is 12.4 Å². The predicted octanol–water partition coefficient (Wildman–Crippen LogP) is 18.5. The molecule has 1 rings (SSSR count). The van der Waals surface area contributed by atoms with Crippen LogP contribution in [0, 0.1) is 0 Å². The Morgan fingerprint density at radius 2 is 0.564 bits per heavy atom. The number of aromatic nitrogens is 2. The fourth-order valence-electron chi connectivity index (χ4n) is 8.98. The molecular weight excluding hydrogens is 665 g/mol. The van der Waals surface area contributed by atoms with Crippen molar-refractivity contribution < 1.29 is 4.57 Å². The van der Waals surface area contributed by atoms with Gasteiger partial charge in [0.15, 0.2) is 0 Å². The number of hydrogen-bond donors (Lipinski definition) is 0. The van der Waals surface area contributed by atoms with Crippen molar-refractivity contribution in [3.63, 3.8) is 0 Å². The molecule has 0 unspecified atom stereocenters. The molecule has 0 aromatic carbocycles. The molecule has 0 N–H and O–H groups in total. The third kappa shape index (κ3) is 36.1. The van der Waals surface area contributed by atoms with Gasteiger partial charge in [-0.05, 0) is 32.1 Å². The maximum atomic E-state index is 2.66. The Morgan fingerprint density at radius 1 is 0.309 bits per heavy atom. The highest BCUT2D eigenvalue weighted by Crippen LogP contribution is 2.17. The third-order valence-corrected chi connectivity index (χ3v) is 12.8. The second-order valence-electron chi connectivity index (χ2n) is 18.3. The Kier molecular flexibility index (Phi) is 42.1. The molecule has 1 heterocycles. The summed E-state index contributed by atoms with van der Waals surface area (Å²) in [5, 5.41) is 0. The molecule has 0 atom stereocenters. The van der Waals surface area contributed by atoms with Crippen LogP contribution in [0.25, 0.3) is 0 Å². The summed E-state index contributed by atoms with van der Waals surface area (Å²) in [5.74, 6) is 1.63. The summed E-state index contributed by atoms with van der Waals surface area (Å²) in [4.78, 5) is 0. The lowest BCUT2D eigenvalue weighted by molar-refractivity contribution is -0.704. The van der Waals surface area contributed by atoms with Crippen LogP contribution in [0.2, 0.25) is 0 Å². The minimum atomic E-state index is 1.23. The molecule has 2 nitrogen and oxygen atoms in total. The summed E-state index contributed by atoms with van der Waals surface area (Å²) in [7, 11) is 0. The van der Waals surface area contributed by atoms with E-state index in [1.807, 2.05) is 0 Å². The number of unbranched alkanes of at least 4 members (excludes halogenated alkanes) is 41. The van der Waals surface area contributed by atoms with Crippen LogP contribution in [0.5, 0.6) is 0 Å². The monoisotopic (exact) mass is 770 g/mol. The summed E-state index contributed by atoms with van der Waals surface area (Å²) in [6.07, 6.45) is 69.8. The average Bonchev–Trinajstić information content (AvgIpc) is 3.58. The summed E-state index contributed by atoms with van der Waals surface area (Å²) in [5.41, 5.74) is 0. The molecule has 0 amide bonds. The molecule has 326 valence electrons. The molecular formula is C53H105N2+. The Balaban J connectivity index is 2.23. The van der Waals surface area contributed by atoms with E-state index in [1.165, 1.54) is 302 Å². The molecule has 2 heteroatoms. The maximum absolute atomic E-state index is 2.66. The zero-order valence-corrected chi connectivity index (χ0v) is 38.8. The molecule has 1 aromatic heterocycles. The molecule has 0 aliphatic carbocycles. The van der Waals surface area contributed by atoms with Crippen molar-refractivity contribution in [2.45, 2.75) is 323 Å². The SMILES string of the molecule is CCCCCCCCCCCCCCCCCCCc1n(CCCCCCCCCCCCC)cc[n+]1CCCCCCCCCCCCCCCCCC. The van der Waals surface area contributed by atoms with E-state index < -0.39 is 0 Å². The second kappa shape index (κ2) is 44.3. The molecule has 0 aliphatic heterocycles. The first-order valence-corrected chi connectivity index (χ1v) is 26.4. The Labute approximate surface area is 349 Å². The standard InChI is InChI=1S/C53H105N2/c1-4-7-10-13-16-19-22-24-26-28-29-31-33-36-39-42-45-48-53-54(49-46-43-40-37-34-21-18-15-12-9-6-3)51-52-55(53)50-47-44-41-38-35-32-30-27-25-23-20-17-14-11-8-5-2/h51-52H,4-50H2,1-3H3/q+1. The zero-order valence-electron chi connectivity index (χ0n) is 38.8. The van der Waals surface area contributed by atoms with Crippen molar-refractivity contribution in [3.8, 4) is 0 Å². The van der Waals surface area contributed by atoms with Crippen molar-refractivity contribution in [2.24, 2.45) is 0 Å². The van der Waals surface area contributed by atoms with Gasteiger partial charge in [-0.3, -0.25) is 0 Å². The highest BCUT2D eigenvalue weighted by atomic mass is 15.1. The lowest BCUT2D eigenvalue weighted by atomic mass is 10.0. The van der Waals surface area contributed by atoms with E-state index in [4.69, 9.17) is 0 Å². The molecule has 0 radical (unpaired) electrons. The normalized spacial score (nSPS) is 11.7. The zero-order chi connectivity index (χ0) is 39.4. The Hall–Kier alpha value is -0.790. The summed E-state index contributed by atoms with van der Waals surface area (Å²) in [6.45, 7) is 9.42. The van der Waals surface area contributed by atoms with Crippen LogP contribution in [0.4, 0.5) is 0 Å². The van der Waals surface area contributed by atoms with Crippen LogP contribution in [-0.4, -0.2) is 4.57 Å². The lowest BCUT2D eigenvalue weighted by Gasteiger charge is -2.07. The first-order chi connectivity index (χ1) is 27.3. The summed E-state index contributed by atoms with van der Waals surface area (Å²) < 4.78 is 5.32. The molecule has 0 bridgehead atoms. The van der Waals surface area contributed by atoms with Gasteiger partial charge in [-0.2, -0.15) is 0 Å². The van der Waals surface area contributed by atoms with Crippen LogP contribution >= 0.6 is 0 Å². The number of imidazole rings is 1. The van der Waals surface area contributed by atoms with Crippen molar-refractivity contribution in [1.29, 1.82) is 0 Å². The molecule has 0 fully saturated rings. The van der Waals surface area contributed by atoms with Gasteiger partial charge in [0.1, 0.15) is 12.4 Å². The van der Waals surface area contributed by atoms with Gasteiger partial charge in [-0.15, -0.1) is 0 Å². The molecule has 55 heavy (non-hydrogen) atoms. The number of nitrogens with zero attached hydrogens (tertiary/aromatic N) is 2. The number of rotatable bonds is 47. The van der Waals surface area contributed by atoms with Gasteiger partial charge in [0, 0.05) is 6.42 Å². The van der Waals surface area contributed by atoms with Crippen molar-refractivity contribution in [1.82, 2.24) is 4.57 Å². The largest absolute Gasteiger partial charge is 0.256 e. The first kappa shape index (κ1) is 52.2. The highest BCUT2D eigenvalue weighted by Gasteiger charge is 2.16. The van der Waals surface area contributed by atoms with Crippen LogP contribution < -0.4 is 4.57 Å². The van der Waals surface area contributed by atoms with Crippen molar-refractivity contribution in [2.75, 3.05) is 0 Å². The van der Waals surface area contributed by atoms with E-state index in [-0.39, 0.29) is 0 Å². The van der Waals surface area contributed by atoms with Gasteiger partial charge in [-0.25, -0.2) is 9.13 Å². The molecule has 0 saturated carbocycles. The number of hydrogen-bond acceptors (Lipinski definition) is 0. The highest BCUT2D eigenvalue weighted by molar-refractivity contribution is 4.84. The maximum Gasteiger partial charge on any atom is 0.256 e. The second-order valence-corrected chi connectivity index (χ2v) is 18.3. The Morgan fingerprint density at radius 3 is 0.873 bits per heavy atom. The van der Waals surface area contributed by atoms with Gasteiger partial charge in [0.2, 0.25) is 0 Å². The van der Waals surface area contributed by atoms with E-state index in [1.54, 1.807) is 5.82 Å². The van der Waals surface area contributed by atoms with E-state index in [0.29, 0.717) is 0 Å². The smallest absolute Gasteiger partial charge is 0.234 e. The van der Waals surface area contributed by atoms with Gasteiger partial charge in [0.05, 0.1) is 13.1 Å². The van der Waals surface area contributed by atoms with Crippen LogP contribution in [0.1, 0.15) is 309 Å². The molecule has 0 saturated heterocycles. The van der Waals surface area contributed by atoms with Crippen molar-refractivity contribution >= 4 is 0 Å². The van der Waals surface area contributed by atoms with E-state index >= 15 is 0 Å². The van der Waals surface area contributed by atoms with E-state index in [2.05, 4.69) is 42.3 Å². The fourth-order valence-corrected chi connectivity index (χ4v) is 8.98. The summed E-state index contributed by atoms with van der Waals surface area (Å²) >= 11 is 0. The van der Waals surface area contributed by atoms with Crippen molar-refractivity contribution in [3.05, 3.63) is 18.2 Å². The van der Waals surface area contributed by atoms with Gasteiger partial charge in [0.25, 0.3) is 5.82 Å². The van der Waals surface area contributed by atoms with Gasteiger partial charge >= 0.3 is 0 Å². The first-order valence-electron chi connectivity index (χ1n) is 26.4. The predicted molar refractivity (Wildman–Crippen MR) is 249 cm³/mol. The number of aryl methyl sites for hydroxylation is 2. The van der Waals surface area contributed by atoms with Gasteiger partial charge < -0.3 is 0 Å². The minimum Gasteiger partial charge on any atom is -0.234 e. The molecule has 0 aliphatic rings. The average molecular weight is 770 g/mol. The van der Waals surface area contributed by atoms with Gasteiger partial charge in [-0.1, -0.05) is 271 Å². The third-order valence-electron chi connectivity index (χ3n) is 12.8. The molecule has 0 spiro atoms. The topological polar surface area (TPSA) is 8.81 Å². The lowest BCUT2D eigenvalue weighted by Crippen LogP contribution is -2.37. The fraction of sp³-hybridized carbons (Fsp3) is 0.943. The van der Waals surface area contributed by atoms with E-state index in [9.17, 15) is 0 Å². The quantitative estimate of drug-likeness (QED) is 0.0461. The van der Waals surface area contributed by atoms with Crippen LogP contribution in [0.3, 0.4) is 0 Å². The van der Waals surface area contributed by atoms with E-state index in [0.717, 1.165) is 0 Å². The minimum absolute atomic E-state index is 1.23. The van der Waals surface area contributed by atoms with Crippen LogP contribution in [-0.2, 0) is 19.5 Å². The Bertz CT molecular complexity index is 841. The molecule has 1 aromatic rings. The summed E-state index contributed by atoms with van der Waals surface area (Å²) in [6, 6.07) is 0.